The zero-order valence-corrected chi connectivity index (χ0v) is 15.8. The highest BCUT2D eigenvalue weighted by Crippen LogP contribution is 2.34. The minimum Gasteiger partial charge on any atom is -0.348 e. The number of nitrogens with one attached hydrogen (secondary N) is 3. The van der Waals surface area contributed by atoms with Crippen LogP contribution >= 0.6 is 0 Å². The molecule has 1 aliphatic heterocycles. The second-order valence-electron chi connectivity index (χ2n) is 6.78. The zero-order valence-electron chi connectivity index (χ0n) is 15.8. The molecule has 0 aromatic heterocycles. The molecule has 4 rings (SSSR count). The Kier molecular flexibility index (Phi) is 4.83. The van der Waals surface area contributed by atoms with Crippen LogP contribution in [-0.4, -0.2) is 17.7 Å². The SMILES string of the molecule is CC(=O)Nc1cccc(C(=O)Nc2ccc(-c3ccccc3)c3c2C(=O)NC3)c1. The predicted molar refractivity (Wildman–Crippen MR) is 112 cm³/mol. The molecule has 0 saturated carbocycles. The van der Waals surface area contributed by atoms with Gasteiger partial charge in [-0.25, -0.2) is 0 Å². The van der Waals surface area contributed by atoms with Gasteiger partial charge in [0.25, 0.3) is 11.8 Å². The third kappa shape index (κ3) is 3.73. The lowest BCUT2D eigenvalue weighted by molar-refractivity contribution is -0.114. The highest BCUT2D eigenvalue weighted by Gasteiger charge is 2.26. The number of carbonyl (C=O) groups excluding carboxylic acids is 3. The fourth-order valence-corrected chi connectivity index (χ4v) is 3.48. The average Bonchev–Trinajstić information content (AvgIpc) is 3.11. The van der Waals surface area contributed by atoms with Gasteiger partial charge in [-0.3, -0.25) is 14.4 Å². The van der Waals surface area contributed by atoms with E-state index < -0.39 is 0 Å². The molecule has 144 valence electrons. The summed E-state index contributed by atoms with van der Waals surface area (Å²) in [5, 5.41) is 8.33. The second-order valence-corrected chi connectivity index (χ2v) is 6.78. The van der Waals surface area contributed by atoms with Gasteiger partial charge in [0, 0.05) is 24.7 Å². The fraction of sp³-hybridized carbons (Fsp3) is 0.0870. The third-order valence-electron chi connectivity index (χ3n) is 4.74. The molecule has 3 aromatic carbocycles. The maximum Gasteiger partial charge on any atom is 0.255 e. The summed E-state index contributed by atoms with van der Waals surface area (Å²) in [5.41, 5.74) is 4.71. The molecule has 29 heavy (non-hydrogen) atoms. The number of rotatable bonds is 4. The van der Waals surface area contributed by atoms with E-state index >= 15 is 0 Å². The first-order valence-electron chi connectivity index (χ1n) is 9.21. The molecule has 0 bridgehead atoms. The summed E-state index contributed by atoms with van der Waals surface area (Å²) < 4.78 is 0. The van der Waals surface area contributed by atoms with E-state index in [1.54, 1.807) is 30.3 Å². The standard InChI is InChI=1S/C23H19N3O3/c1-14(27)25-17-9-5-8-16(12-17)22(28)26-20-11-10-18(15-6-3-2-4-7-15)19-13-24-23(29)21(19)20/h2-12H,13H2,1H3,(H,24,29)(H,25,27)(H,26,28). The van der Waals surface area contributed by atoms with Gasteiger partial charge < -0.3 is 16.0 Å². The van der Waals surface area contributed by atoms with Crippen LogP contribution in [0.4, 0.5) is 11.4 Å². The molecule has 1 aliphatic rings. The van der Waals surface area contributed by atoms with Crippen LogP contribution in [0.5, 0.6) is 0 Å². The molecule has 0 atom stereocenters. The van der Waals surface area contributed by atoms with Crippen molar-refractivity contribution in [2.24, 2.45) is 0 Å². The molecule has 0 aliphatic carbocycles. The summed E-state index contributed by atoms with van der Waals surface area (Å²) >= 11 is 0. The van der Waals surface area contributed by atoms with Crippen molar-refractivity contribution in [3.63, 3.8) is 0 Å². The maximum absolute atomic E-state index is 12.8. The number of carbonyl (C=O) groups is 3. The molecule has 0 radical (unpaired) electrons. The van der Waals surface area contributed by atoms with E-state index in [0.29, 0.717) is 29.0 Å². The van der Waals surface area contributed by atoms with Gasteiger partial charge in [-0.15, -0.1) is 0 Å². The molecule has 1 heterocycles. The van der Waals surface area contributed by atoms with Crippen LogP contribution in [0.25, 0.3) is 11.1 Å². The van der Waals surface area contributed by atoms with E-state index in [0.717, 1.165) is 16.7 Å². The van der Waals surface area contributed by atoms with Gasteiger partial charge in [0.2, 0.25) is 5.91 Å². The molecule has 3 aromatic rings. The Morgan fingerprint density at radius 2 is 1.72 bits per heavy atom. The highest BCUT2D eigenvalue weighted by molar-refractivity contribution is 6.12. The first kappa shape index (κ1) is 18.4. The Labute approximate surface area is 167 Å². The Morgan fingerprint density at radius 3 is 2.48 bits per heavy atom. The van der Waals surface area contributed by atoms with E-state index in [1.165, 1.54) is 6.92 Å². The lowest BCUT2D eigenvalue weighted by Crippen LogP contribution is -2.17. The van der Waals surface area contributed by atoms with Gasteiger partial charge in [0.15, 0.2) is 0 Å². The summed E-state index contributed by atoms with van der Waals surface area (Å²) in [6, 6.07) is 20.1. The Morgan fingerprint density at radius 1 is 0.931 bits per heavy atom. The zero-order chi connectivity index (χ0) is 20.4. The molecule has 0 unspecified atom stereocenters. The van der Waals surface area contributed by atoms with Gasteiger partial charge in [-0.1, -0.05) is 42.5 Å². The van der Waals surface area contributed by atoms with Crippen molar-refractivity contribution in [1.29, 1.82) is 0 Å². The van der Waals surface area contributed by atoms with Gasteiger partial charge in [-0.2, -0.15) is 0 Å². The lowest BCUT2D eigenvalue weighted by atomic mass is 9.95. The van der Waals surface area contributed by atoms with Crippen molar-refractivity contribution in [2.45, 2.75) is 13.5 Å². The predicted octanol–water partition coefficient (Wildman–Crippen LogP) is 3.81. The summed E-state index contributed by atoms with van der Waals surface area (Å²) in [4.78, 5) is 36.5. The first-order valence-corrected chi connectivity index (χ1v) is 9.21. The summed E-state index contributed by atoms with van der Waals surface area (Å²) in [7, 11) is 0. The lowest BCUT2D eigenvalue weighted by Gasteiger charge is -2.13. The Bertz CT molecular complexity index is 1120. The van der Waals surface area contributed by atoms with Gasteiger partial charge >= 0.3 is 0 Å². The number of hydrogen-bond acceptors (Lipinski definition) is 3. The normalized spacial score (nSPS) is 12.1. The topological polar surface area (TPSA) is 87.3 Å². The van der Waals surface area contributed by atoms with Crippen LogP contribution in [-0.2, 0) is 11.3 Å². The molecule has 0 fully saturated rings. The van der Waals surface area contributed by atoms with Gasteiger partial charge in [0.05, 0.1) is 11.3 Å². The molecule has 3 N–H and O–H groups in total. The van der Waals surface area contributed by atoms with E-state index in [1.807, 2.05) is 36.4 Å². The highest BCUT2D eigenvalue weighted by atomic mass is 16.2. The number of anilines is 2. The summed E-state index contributed by atoms with van der Waals surface area (Å²) in [6.07, 6.45) is 0. The molecular weight excluding hydrogens is 366 g/mol. The molecular formula is C23H19N3O3. The number of hydrogen-bond donors (Lipinski definition) is 3. The Balaban J connectivity index is 1.66. The van der Waals surface area contributed by atoms with E-state index in [9.17, 15) is 14.4 Å². The summed E-state index contributed by atoms with van der Waals surface area (Å²) in [6.45, 7) is 1.82. The van der Waals surface area contributed by atoms with E-state index in [-0.39, 0.29) is 17.7 Å². The van der Waals surface area contributed by atoms with E-state index in [4.69, 9.17) is 0 Å². The Hall–Kier alpha value is -3.93. The molecule has 6 nitrogen and oxygen atoms in total. The van der Waals surface area contributed by atoms with Crippen molar-refractivity contribution in [2.75, 3.05) is 10.6 Å². The monoisotopic (exact) mass is 385 g/mol. The fourth-order valence-electron chi connectivity index (χ4n) is 3.48. The smallest absolute Gasteiger partial charge is 0.255 e. The number of fused-ring (bicyclic) bond motifs is 1. The van der Waals surface area contributed by atoms with Crippen molar-refractivity contribution in [1.82, 2.24) is 5.32 Å². The quantitative estimate of drug-likeness (QED) is 0.638. The largest absolute Gasteiger partial charge is 0.348 e. The van der Waals surface area contributed by atoms with Crippen molar-refractivity contribution in [3.8, 4) is 11.1 Å². The van der Waals surface area contributed by atoms with Gasteiger partial charge in [0.1, 0.15) is 0 Å². The van der Waals surface area contributed by atoms with Crippen molar-refractivity contribution < 1.29 is 14.4 Å². The third-order valence-corrected chi connectivity index (χ3v) is 4.74. The molecule has 0 saturated heterocycles. The molecule has 3 amide bonds. The van der Waals surface area contributed by atoms with Gasteiger partial charge in [-0.05, 0) is 41.0 Å². The van der Waals surface area contributed by atoms with Crippen LogP contribution in [0.15, 0.2) is 66.7 Å². The minimum absolute atomic E-state index is 0.208. The van der Waals surface area contributed by atoms with E-state index in [2.05, 4.69) is 16.0 Å². The minimum atomic E-state index is -0.355. The van der Waals surface area contributed by atoms with Crippen LogP contribution in [0, 0.1) is 0 Å². The van der Waals surface area contributed by atoms with Crippen LogP contribution in [0.2, 0.25) is 0 Å². The van der Waals surface area contributed by atoms with Crippen molar-refractivity contribution in [3.05, 3.63) is 83.4 Å². The number of amides is 3. The number of benzene rings is 3. The molecule has 0 spiro atoms. The van der Waals surface area contributed by atoms with Crippen LogP contribution in [0.3, 0.4) is 0 Å². The van der Waals surface area contributed by atoms with Crippen LogP contribution in [0.1, 0.15) is 33.2 Å². The maximum atomic E-state index is 12.8. The first-order chi connectivity index (χ1) is 14.0. The summed E-state index contributed by atoms with van der Waals surface area (Å²) in [5.74, 6) is -0.778. The van der Waals surface area contributed by atoms with Crippen molar-refractivity contribution >= 4 is 29.1 Å². The second kappa shape index (κ2) is 7.59. The average molecular weight is 385 g/mol. The molecule has 6 heteroatoms. The van der Waals surface area contributed by atoms with Crippen LogP contribution < -0.4 is 16.0 Å².